The van der Waals surface area contributed by atoms with E-state index < -0.39 is 0 Å². The number of hydrogen-bond acceptors (Lipinski definition) is 2. The Morgan fingerprint density at radius 2 is 1.70 bits per heavy atom. The maximum atomic E-state index is 12.3. The highest BCUT2D eigenvalue weighted by atomic mass is 35.5. The number of rotatable bonds is 3. The minimum absolute atomic E-state index is 0.219. The van der Waals surface area contributed by atoms with E-state index in [0.29, 0.717) is 32.5 Å². The number of fused-ring (bicyclic) bond motifs is 1. The standard InChI is InChI=1S/C17H11Cl3N2O/c18-11-6-12(19)16-13(20)8-15(22-14(16)7-11)17(23)21-9-10-4-2-1-3-5-10/h1-8H,9H2,(H,21,23). The second-order valence-corrected chi connectivity index (χ2v) is 6.19. The van der Waals surface area contributed by atoms with Gasteiger partial charge in [0.15, 0.2) is 0 Å². The quantitative estimate of drug-likeness (QED) is 0.699. The lowest BCUT2D eigenvalue weighted by atomic mass is 10.2. The van der Waals surface area contributed by atoms with E-state index in [0.717, 1.165) is 5.56 Å². The third kappa shape index (κ3) is 3.58. The average Bonchev–Trinajstić information content (AvgIpc) is 2.52. The molecule has 1 N–H and O–H groups in total. The van der Waals surface area contributed by atoms with Gasteiger partial charge in [0.25, 0.3) is 5.91 Å². The van der Waals surface area contributed by atoms with Crippen LogP contribution in [0.5, 0.6) is 0 Å². The maximum Gasteiger partial charge on any atom is 0.270 e. The lowest BCUT2D eigenvalue weighted by molar-refractivity contribution is 0.0946. The molecule has 0 radical (unpaired) electrons. The molecular formula is C17H11Cl3N2O. The summed E-state index contributed by atoms with van der Waals surface area (Å²) in [6.45, 7) is 0.410. The van der Waals surface area contributed by atoms with E-state index in [9.17, 15) is 4.79 Å². The van der Waals surface area contributed by atoms with Crippen molar-refractivity contribution < 1.29 is 4.79 Å². The molecule has 1 heterocycles. The third-order valence-corrected chi connectivity index (χ3v) is 4.12. The summed E-state index contributed by atoms with van der Waals surface area (Å²) < 4.78 is 0. The third-order valence-electron chi connectivity index (χ3n) is 3.31. The predicted molar refractivity (Wildman–Crippen MR) is 94.4 cm³/mol. The molecule has 1 amide bonds. The number of amides is 1. The second-order valence-electron chi connectivity index (χ2n) is 4.94. The summed E-state index contributed by atoms with van der Waals surface area (Å²) >= 11 is 18.3. The van der Waals surface area contributed by atoms with Crippen LogP contribution in [0.4, 0.5) is 0 Å². The highest BCUT2D eigenvalue weighted by Crippen LogP contribution is 2.32. The molecule has 3 rings (SSSR count). The maximum absolute atomic E-state index is 12.3. The Morgan fingerprint density at radius 1 is 1.00 bits per heavy atom. The summed E-state index contributed by atoms with van der Waals surface area (Å²) in [6, 6.07) is 14.3. The molecule has 3 nitrogen and oxygen atoms in total. The van der Waals surface area contributed by atoms with Gasteiger partial charge >= 0.3 is 0 Å². The van der Waals surface area contributed by atoms with Gasteiger partial charge < -0.3 is 5.32 Å². The van der Waals surface area contributed by atoms with Crippen LogP contribution in [-0.4, -0.2) is 10.9 Å². The zero-order chi connectivity index (χ0) is 16.4. The van der Waals surface area contributed by atoms with Crippen LogP contribution < -0.4 is 5.32 Å². The number of benzene rings is 2. The van der Waals surface area contributed by atoms with Crippen LogP contribution in [0.25, 0.3) is 10.9 Å². The zero-order valence-electron chi connectivity index (χ0n) is 11.8. The van der Waals surface area contributed by atoms with E-state index in [1.54, 1.807) is 12.1 Å². The topological polar surface area (TPSA) is 42.0 Å². The zero-order valence-corrected chi connectivity index (χ0v) is 14.1. The number of nitrogens with zero attached hydrogens (tertiary/aromatic N) is 1. The molecule has 1 aromatic heterocycles. The van der Waals surface area contributed by atoms with Gasteiger partial charge in [-0.1, -0.05) is 65.1 Å². The normalized spacial score (nSPS) is 10.7. The fraction of sp³-hybridized carbons (Fsp3) is 0.0588. The van der Waals surface area contributed by atoms with E-state index in [4.69, 9.17) is 34.8 Å². The van der Waals surface area contributed by atoms with Gasteiger partial charge in [-0.25, -0.2) is 4.98 Å². The Labute approximate surface area is 148 Å². The summed E-state index contributed by atoms with van der Waals surface area (Å²) in [4.78, 5) is 16.6. The number of nitrogens with one attached hydrogen (secondary N) is 1. The Kier molecular flexibility index (Phi) is 4.71. The first-order valence-corrected chi connectivity index (χ1v) is 7.95. The SMILES string of the molecule is O=C(NCc1ccccc1)c1cc(Cl)c2c(Cl)cc(Cl)cc2n1. The molecule has 0 spiro atoms. The minimum Gasteiger partial charge on any atom is -0.347 e. The van der Waals surface area contributed by atoms with Crippen LogP contribution >= 0.6 is 34.8 Å². The monoisotopic (exact) mass is 364 g/mol. The lowest BCUT2D eigenvalue weighted by Gasteiger charge is -2.08. The molecule has 0 unspecified atom stereocenters. The van der Waals surface area contributed by atoms with Crippen molar-refractivity contribution in [1.29, 1.82) is 0 Å². The van der Waals surface area contributed by atoms with Crippen molar-refractivity contribution in [3.05, 3.63) is 74.9 Å². The molecule has 0 saturated carbocycles. The Balaban J connectivity index is 1.89. The average molecular weight is 366 g/mol. The van der Waals surface area contributed by atoms with Crippen molar-refractivity contribution in [2.24, 2.45) is 0 Å². The number of aromatic nitrogens is 1. The summed E-state index contributed by atoms with van der Waals surface area (Å²) in [7, 11) is 0. The summed E-state index contributed by atoms with van der Waals surface area (Å²) in [5.41, 5.74) is 1.70. The fourth-order valence-corrected chi connectivity index (χ4v) is 3.16. The summed E-state index contributed by atoms with van der Waals surface area (Å²) in [5, 5.41) is 4.60. The van der Waals surface area contributed by atoms with Gasteiger partial charge in [-0.05, 0) is 23.8 Å². The van der Waals surface area contributed by atoms with Crippen LogP contribution in [0.3, 0.4) is 0 Å². The van der Waals surface area contributed by atoms with Crippen LogP contribution in [0.15, 0.2) is 48.5 Å². The Bertz CT molecular complexity index is 882. The van der Waals surface area contributed by atoms with Gasteiger partial charge in [-0.15, -0.1) is 0 Å². The highest BCUT2D eigenvalue weighted by molar-refractivity contribution is 6.43. The lowest BCUT2D eigenvalue weighted by Crippen LogP contribution is -2.23. The molecule has 6 heteroatoms. The number of carbonyl (C=O) groups excluding carboxylic acids is 1. The molecule has 0 aliphatic carbocycles. The number of pyridine rings is 1. The number of halogens is 3. The number of hydrogen-bond donors (Lipinski definition) is 1. The van der Waals surface area contributed by atoms with Crippen molar-refractivity contribution in [2.45, 2.75) is 6.54 Å². The highest BCUT2D eigenvalue weighted by Gasteiger charge is 2.14. The van der Waals surface area contributed by atoms with E-state index in [2.05, 4.69) is 10.3 Å². The van der Waals surface area contributed by atoms with Crippen molar-refractivity contribution in [3.63, 3.8) is 0 Å². The van der Waals surface area contributed by atoms with Crippen molar-refractivity contribution in [1.82, 2.24) is 10.3 Å². The summed E-state index contributed by atoms with van der Waals surface area (Å²) in [5.74, 6) is -0.311. The van der Waals surface area contributed by atoms with Gasteiger partial charge in [0, 0.05) is 17.0 Å². The van der Waals surface area contributed by atoms with Crippen LogP contribution in [0.1, 0.15) is 16.1 Å². The predicted octanol–water partition coefficient (Wildman–Crippen LogP) is 5.13. The van der Waals surface area contributed by atoms with Crippen molar-refractivity contribution >= 4 is 51.6 Å². The van der Waals surface area contributed by atoms with Gasteiger partial charge in [0.2, 0.25) is 0 Å². The van der Waals surface area contributed by atoms with Crippen LogP contribution in [0.2, 0.25) is 15.1 Å². The Hall–Kier alpha value is -1.81. The fourth-order valence-electron chi connectivity index (χ4n) is 2.22. The molecule has 0 aliphatic rings. The van der Waals surface area contributed by atoms with Crippen molar-refractivity contribution in [2.75, 3.05) is 0 Å². The molecule has 0 atom stereocenters. The van der Waals surface area contributed by atoms with Gasteiger partial charge in [0.05, 0.1) is 15.6 Å². The molecule has 0 bridgehead atoms. The first-order chi connectivity index (χ1) is 11.0. The molecule has 2 aromatic carbocycles. The van der Waals surface area contributed by atoms with Crippen LogP contribution in [0, 0.1) is 0 Å². The molecule has 116 valence electrons. The number of carbonyl (C=O) groups is 1. The smallest absolute Gasteiger partial charge is 0.270 e. The molecular weight excluding hydrogens is 355 g/mol. The largest absolute Gasteiger partial charge is 0.347 e. The van der Waals surface area contributed by atoms with E-state index in [1.807, 2.05) is 30.3 Å². The minimum atomic E-state index is -0.311. The molecule has 23 heavy (non-hydrogen) atoms. The molecule has 3 aromatic rings. The van der Waals surface area contributed by atoms with E-state index in [1.165, 1.54) is 6.07 Å². The van der Waals surface area contributed by atoms with Gasteiger partial charge in [0.1, 0.15) is 5.69 Å². The molecule has 0 saturated heterocycles. The second kappa shape index (κ2) is 6.75. The van der Waals surface area contributed by atoms with E-state index >= 15 is 0 Å². The van der Waals surface area contributed by atoms with E-state index in [-0.39, 0.29) is 11.6 Å². The van der Waals surface area contributed by atoms with Gasteiger partial charge in [-0.3, -0.25) is 4.79 Å². The van der Waals surface area contributed by atoms with Gasteiger partial charge in [-0.2, -0.15) is 0 Å². The first-order valence-electron chi connectivity index (χ1n) is 6.82. The molecule has 0 aliphatic heterocycles. The Morgan fingerprint density at radius 3 is 2.43 bits per heavy atom. The van der Waals surface area contributed by atoms with Crippen molar-refractivity contribution in [3.8, 4) is 0 Å². The molecule has 0 fully saturated rings. The first kappa shape index (κ1) is 16.1. The summed E-state index contributed by atoms with van der Waals surface area (Å²) in [6.07, 6.45) is 0. The van der Waals surface area contributed by atoms with Crippen LogP contribution in [-0.2, 0) is 6.54 Å².